The molecule has 1 fully saturated rings. The molecule has 0 unspecified atom stereocenters. The molecule has 0 amide bonds. The molecule has 2 rings (SSSR count). The van der Waals surface area contributed by atoms with Crippen LogP contribution in [0.1, 0.15) is 12.8 Å². The third-order valence-corrected chi connectivity index (χ3v) is 6.15. The summed E-state index contributed by atoms with van der Waals surface area (Å²) in [5, 5.41) is 0. The summed E-state index contributed by atoms with van der Waals surface area (Å²) in [6.07, 6.45) is 2.79. The van der Waals surface area contributed by atoms with Crippen LogP contribution >= 0.6 is 0 Å². The van der Waals surface area contributed by atoms with Crippen LogP contribution in [0, 0.1) is 5.92 Å². The lowest BCUT2D eigenvalue weighted by atomic mass is 9.97. The number of nitrogens with zero attached hydrogens (tertiary/aromatic N) is 2. The molecule has 1 N–H and O–H groups in total. The van der Waals surface area contributed by atoms with Crippen LogP contribution in [-0.2, 0) is 26.2 Å². The molecule has 9 heteroatoms. The first-order chi connectivity index (χ1) is 11.3. The average Bonchev–Trinajstić information content (AvgIpc) is 2.56. The van der Waals surface area contributed by atoms with E-state index < -0.39 is 10.0 Å². The molecular formula is C15H24N3O5S+. The van der Waals surface area contributed by atoms with Gasteiger partial charge in [0.05, 0.1) is 31.0 Å². The Morgan fingerprint density at radius 2 is 1.96 bits per heavy atom. The molecule has 0 radical (unpaired) electrons. The van der Waals surface area contributed by atoms with Crippen molar-refractivity contribution in [1.82, 2.24) is 8.87 Å². The van der Waals surface area contributed by atoms with E-state index in [1.807, 2.05) is 0 Å². The second-order valence-corrected chi connectivity index (χ2v) is 8.32. The summed E-state index contributed by atoms with van der Waals surface area (Å²) in [5.41, 5.74) is -0.240. The number of carbonyl (C=O) groups is 1. The van der Waals surface area contributed by atoms with Crippen LogP contribution in [-0.4, -0.2) is 57.6 Å². The monoisotopic (exact) mass is 358 g/mol. The molecule has 2 heterocycles. The quantitative estimate of drug-likeness (QED) is 0.649. The van der Waals surface area contributed by atoms with Crippen molar-refractivity contribution in [2.75, 3.05) is 34.3 Å². The standard InChI is InChI=1S/C15H23N3O5S/c1-16(2)24(21,22)13-4-5-14(19)18(10-13)11-17-8-6-12(7-9-17)15(20)23-3/h4-5,10,12H,6-9,11H2,1-3H3/p+1. The molecule has 1 aromatic rings. The lowest BCUT2D eigenvalue weighted by Crippen LogP contribution is -3.12. The van der Waals surface area contributed by atoms with Gasteiger partial charge in [-0.1, -0.05) is 0 Å². The molecule has 134 valence electrons. The second-order valence-electron chi connectivity index (χ2n) is 6.17. The Hall–Kier alpha value is -1.71. The fraction of sp³-hybridized carbons (Fsp3) is 0.600. The van der Waals surface area contributed by atoms with Gasteiger partial charge in [-0.3, -0.25) is 14.2 Å². The molecule has 0 aliphatic carbocycles. The molecule has 1 aromatic heterocycles. The fourth-order valence-electron chi connectivity index (χ4n) is 2.82. The first kappa shape index (κ1) is 18.6. The predicted molar refractivity (Wildman–Crippen MR) is 87.0 cm³/mol. The zero-order valence-electron chi connectivity index (χ0n) is 14.2. The van der Waals surface area contributed by atoms with Crippen molar-refractivity contribution in [2.24, 2.45) is 5.92 Å². The number of quaternary nitrogens is 1. The number of esters is 1. The van der Waals surface area contributed by atoms with Crippen molar-refractivity contribution < 1.29 is 22.8 Å². The molecule has 1 saturated heterocycles. The van der Waals surface area contributed by atoms with Crippen LogP contribution in [0.5, 0.6) is 0 Å². The maximum Gasteiger partial charge on any atom is 0.309 e. The van der Waals surface area contributed by atoms with Gasteiger partial charge in [-0.25, -0.2) is 12.7 Å². The number of rotatable bonds is 5. The Kier molecular flexibility index (Phi) is 5.79. The van der Waals surface area contributed by atoms with Crippen molar-refractivity contribution in [1.29, 1.82) is 0 Å². The third kappa shape index (κ3) is 4.03. The minimum Gasteiger partial charge on any atom is -0.469 e. The van der Waals surface area contributed by atoms with E-state index in [1.54, 1.807) is 0 Å². The predicted octanol–water partition coefficient (Wildman–Crippen LogP) is -1.48. The number of hydrogen-bond acceptors (Lipinski definition) is 5. The number of methoxy groups -OCH3 is 1. The normalized spacial score (nSPS) is 21.7. The van der Waals surface area contributed by atoms with Gasteiger partial charge in [0.25, 0.3) is 5.56 Å². The van der Waals surface area contributed by atoms with Crippen molar-refractivity contribution in [3.8, 4) is 0 Å². The molecule has 24 heavy (non-hydrogen) atoms. The zero-order chi connectivity index (χ0) is 17.9. The maximum absolute atomic E-state index is 12.2. The smallest absolute Gasteiger partial charge is 0.309 e. The average molecular weight is 358 g/mol. The highest BCUT2D eigenvalue weighted by Crippen LogP contribution is 2.12. The highest BCUT2D eigenvalue weighted by Gasteiger charge is 2.28. The van der Waals surface area contributed by atoms with Crippen LogP contribution < -0.4 is 10.5 Å². The second kappa shape index (κ2) is 7.45. The molecule has 1 aliphatic heterocycles. The van der Waals surface area contributed by atoms with Crippen LogP contribution in [0.2, 0.25) is 0 Å². The lowest BCUT2D eigenvalue weighted by Gasteiger charge is -2.28. The van der Waals surface area contributed by atoms with E-state index in [0.717, 1.165) is 22.3 Å². The van der Waals surface area contributed by atoms with Crippen molar-refractivity contribution in [3.63, 3.8) is 0 Å². The SMILES string of the molecule is COC(=O)C1CC[NH+](Cn2cc(S(=O)(=O)N(C)C)ccc2=O)CC1. The van der Waals surface area contributed by atoms with E-state index in [1.165, 1.54) is 44.1 Å². The largest absolute Gasteiger partial charge is 0.469 e. The van der Waals surface area contributed by atoms with Crippen molar-refractivity contribution in [3.05, 3.63) is 28.7 Å². The third-order valence-electron chi connectivity index (χ3n) is 4.36. The van der Waals surface area contributed by atoms with Gasteiger partial charge in [0.15, 0.2) is 6.67 Å². The Morgan fingerprint density at radius 3 is 2.50 bits per heavy atom. The molecule has 8 nitrogen and oxygen atoms in total. The van der Waals surface area contributed by atoms with E-state index >= 15 is 0 Å². The minimum absolute atomic E-state index is 0.0871. The number of pyridine rings is 1. The van der Waals surface area contributed by atoms with Gasteiger partial charge < -0.3 is 9.64 Å². The Morgan fingerprint density at radius 1 is 1.33 bits per heavy atom. The first-order valence-electron chi connectivity index (χ1n) is 7.80. The van der Waals surface area contributed by atoms with E-state index in [-0.39, 0.29) is 22.3 Å². The van der Waals surface area contributed by atoms with Gasteiger partial charge in [-0.15, -0.1) is 0 Å². The van der Waals surface area contributed by atoms with Crippen molar-refractivity contribution in [2.45, 2.75) is 24.4 Å². The van der Waals surface area contributed by atoms with Crippen molar-refractivity contribution >= 4 is 16.0 Å². The maximum atomic E-state index is 12.2. The van der Waals surface area contributed by atoms with Gasteiger partial charge in [0, 0.05) is 39.2 Å². The van der Waals surface area contributed by atoms with Crippen LogP contribution in [0.15, 0.2) is 28.0 Å². The molecular weight excluding hydrogens is 334 g/mol. The lowest BCUT2D eigenvalue weighted by molar-refractivity contribution is -0.928. The summed E-state index contributed by atoms with van der Waals surface area (Å²) in [5.74, 6) is -0.277. The molecule has 0 spiro atoms. The van der Waals surface area contributed by atoms with E-state index in [0.29, 0.717) is 19.5 Å². The number of likely N-dealkylation sites (tertiary alicyclic amines) is 1. The Bertz CT molecular complexity index is 749. The summed E-state index contributed by atoms with van der Waals surface area (Å²) in [6, 6.07) is 2.60. The van der Waals surface area contributed by atoms with Gasteiger partial charge in [0.2, 0.25) is 10.0 Å². The number of piperidine rings is 1. The van der Waals surface area contributed by atoms with E-state index in [2.05, 4.69) is 0 Å². The summed E-state index contributed by atoms with van der Waals surface area (Å²) >= 11 is 0. The summed E-state index contributed by atoms with van der Waals surface area (Å²) < 4.78 is 31.7. The number of aromatic nitrogens is 1. The summed E-state index contributed by atoms with van der Waals surface area (Å²) in [4.78, 5) is 24.8. The molecule has 0 saturated carbocycles. The van der Waals surface area contributed by atoms with Crippen LogP contribution in [0.25, 0.3) is 0 Å². The summed E-state index contributed by atoms with van der Waals surface area (Å²) in [7, 11) is 0.714. The fourth-order valence-corrected chi connectivity index (χ4v) is 3.75. The van der Waals surface area contributed by atoms with Gasteiger partial charge in [-0.05, 0) is 6.07 Å². The molecule has 0 atom stereocenters. The van der Waals surface area contributed by atoms with E-state index in [9.17, 15) is 18.0 Å². The van der Waals surface area contributed by atoms with Gasteiger partial charge in [0.1, 0.15) is 0 Å². The summed E-state index contributed by atoms with van der Waals surface area (Å²) in [6.45, 7) is 1.84. The topological polar surface area (TPSA) is 90.1 Å². The number of hydrogen-bond donors (Lipinski definition) is 1. The van der Waals surface area contributed by atoms with Gasteiger partial charge in [-0.2, -0.15) is 0 Å². The number of nitrogens with one attached hydrogen (secondary N) is 1. The number of carbonyl (C=O) groups excluding carboxylic acids is 1. The van der Waals surface area contributed by atoms with E-state index in [4.69, 9.17) is 4.74 Å². The first-order valence-corrected chi connectivity index (χ1v) is 9.24. The highest BCUT2D eigenvalue weighted by atomic mass is 32.2. The minimum atomic E-state index is -3.58. The highest BCUT2D eigenvalue weighted by molar-refractivity contribution is 7.89. The Balaban J connectivity index is 2.11. The number of sulfonamides is 1. The zero-order valence-corrected chi connectivity index (χ0v) is 15.0. The van der Waals surface area contributed by atoms with Crippen LogP contribution in [0.4, 0.5) is 0 Å². The molecule has 1 aliphatic rings. The molecule has 0 bridgehead atoms. The van der Waals surface area contributed by atoms with Crippen LogP contribution in [0.3, 0.4) is 0 Å². The van der Waals surface area contributed by atoms with Gasteiger partial charge >= 0.3 is 5.97 Å². The number of ether oxygens (including phenoxy) is 1. The Labute approximate surface area is 141 Å². The molecule has 0 aromatic carbocycles.